The molecular weight excluding hydrogens is 164 g/mol. The van der Waals surface area contributed by atoms with Crippen molar-refractivity contribution in [1.82, 2.24) is 10.2 Å². The van der Waals surface area contributed by atoms with Crippen LogP contribution in [-0.4, -0.2) is 16.8 Å². The molecule has 13 heavy (non-hydrogen) atoms. The van der Waals surface area contributed by atoms with Crippen LogP contribution < -0.4 is 0 Å². The summed E-state index contributed by atoms with van der Waals surface area (Å²) in [7, 11) is 0. The van der Waals surface area contributed by atoms with Gasteiger partial charge in [0.1, 0.15) is 5.60 Å². The highest BCUT2D eigenvalue weighted by Gasteiger charge is 2.45. The zero-order chi connectivity index (χ0) is 9.69. The van der Waals surface area contributed by atoms with E-state index in [-0.39, 0.29) is 11.0 Å². The van der Waals surface area contributed by atoms with Crippen molar-refractivity contribution < 1.29 is 4.74 Å². The van der Waals surface area contributed by atoms with Crippen LogP contribution in [0.5, 0.6) is 0 Å². The summed E-state index contributed by atoms with van der Waals surface area (Å²) in [4.78, 5) is 0. The monoisotopic (exact) mass is 180 g/mol. The average molecular weight is 180 g/mol. The van der Waals surface area contributed by atoms with Crippen LogP contribution >= 0.6 is 0 Å². The van der Waals surface area contributed by atoms with Gasteiger partial charge < -0.3 is 4.74 Å². The Morgan fingerprint density at radius 2 is 2.15 bits per heavy atom. The van der Waals surface area contributed by atoms with Gasteiger partial charge in [0.25, 0.3) is 0 Å². The van der Waals surface area contributed by atoms with Crippen LogP contribution in [0.25, 0.3) is 0 Å². The van der Waals surface area contributed by atoms with E-state index in [9.17, 15) is 0 Å². The lowest BCUT2D eigenvalue weighted by Gasteiger charge is -2.19. The molecule has 1 aliphatic heterocycles. The average Bonchev–Trinajstić information content (AvgIpc) is 2.60. The molecule has 3 nitrogen and oxygen atoms in total. The minimum absolute atomic E-state index is 0.0738. The number of hydrogen-bond acceptors (Lipinski definition) is 2. The molecule has 1 fully saturated rings. The number of epoxide rings is 1. The zero-order valence-corrected chi connectivity index (χ0v) is 8.64. The third-order valence-electron chi connectivity index (χ3n) is 2.54. The SMILES string of the molecule is CC(C)(C)c1[nH]ncc1C1(C)CO1. The van der Waals surface area contributed by atoms with Crippen molar-refractivity contribution in [1.29, 1.82) is 0 Å². The number of ether oxygens (including phenoxy) is 1. The maximum Gasteiger partial charge on any atom is 0.117 e. The minimum Gasteiger partial charge on any atom is -0.365 e. The van der Waals surface area contributed by atoms with Crippen LogP contribution in [0.15, 0.2) is 6.20 Å². The Balaban J connectivity index is 2.42. The van der Waals surface area contributed by atoms with Crippen LogP contribution in [0, 0.1) is 0 Å². The second-order valence-corrected chi connectivity index (χ2v) is 4.93. The predicted molar refractivity (Wildman–Crippen MR) is 50.6 cm³/mol. The van der Waals surface area contributed by atoms with Gasteiger partial charge in [0.05, 0.1) is 12.8 Å². The van der Waals surface area contributed by atoms with Crippen LogP contribution in [0.4, 0.5) is 0 Å². The molecule has 0 spiro atoms. The molecule has 1 aromatic heterocycles. The minimum atomic E-state index is -0.0738. The molecule has 2 heterocycles. The molecular formula is C10H16N2O. The molecule has 0 radical (unpaired) electrons. The third kappa shape index (κ3) is 1.37. The quantitative estimate of drug-likeness (QED) is 0.671. The van der Waals surface area contributed by atoms with E-state index in [4.69, 9.17) is 4.74 Å². The van der Waals surface area contributed by atoms with Crippen molar-refractivity contribution in [2.75, 3.05) is 6.61 Å². The van der Waals surface area contributed by atoms with Crippen LogP contribution in [0.2, 0.25) is 0 Å². The summed E-state index contributed by atoms with van der Waals surface area (Å²) in [5, 5.41) is 7.15. The smallest absolute Gasteiger partial charge is 0.117 e. The molecule has 72 valence electrons. The van der Waals surface area contributed by atoms with Gasteiger partial charge in [-0.15, -0.1) is 0 Å². The lowest BCUT2D eigenvalue weighted by atomic mass is 9.86. The molecule has 1 aromatic rings. The summed E-state index contributed by atoms with van der Waals surface area (Å²) in [5.74, 6) is 0. The van der Waals surface area contributed by atoms with Crippen molar-refractivity contribution >= 4 is 0 Å². The first kappa shape index (κ1) is 8.75. The van der Waals surface area contributed by atoms with E-state index in [1.54, 1.807) is 0 Å². The first-order valence-corrected chi connectivity index (χ1v) is 4.62. The lowest BCUT2D eigenvalue weighted by molar-refractivity contribution is 0.325. The van der Waals surface area contributed by atoms with E-state index in [0.717, 1.165) is 6.61 Å². The number of aromatic amines is 1. The Labute approximate surface area is 78.5 Å². The predicted octanol–water partition coefficient (Wildman–Crippen LogP) is 1.95. The topological polar surface area (TPSA) is 41.2 Å². The summed E-state index contributed by atoms with van der Waals surface area (Å²) >= 11 is 0. The molecule has 0 saturated carbocycles. The fourth-order valence-electron chi connectivity index (χ4n) is 1.52. The lowest BCUT2D eigenvalue weighted by Crippen LogP contribution is -2.17. The Morgan fingerprint density at radius 1 is 1.54 bits per heavy atom. The Hall–Kier alpha value is -0.830. The van der Waals surface area contributed by atoms with Gasteiger partial charge in [0.2, 0.25) is 0 Å². The fourth-order valence-corrected chi connectivity index (χ4v) is 1.52. The molecule has 1 atom stereocenters. The second-order valence-electron chi connectivity index (χ2n) is 4.93. The van der Waals surface area contributed by atoms with Crippen molar-refractivity contribution in [3.05, 3.63) is 17.5 Å². The first-order chi connectivity index (χ1) is 5.93. The van der Waals surface area contributed by atoms with Gasteiger partial charge in [-0.2, -0.15) is 5.10 Å². The summed E-state index contributed by atoms with van der Waals surface area (Å²) in [6, 6.07) is 0. The number of aromatic nitrogens is 2. The standard InChI is InChI=1S/C10H16N2O/c1-9(2,3)8-7(5-11-12-8)10(4)6-13-10/h5H,6H2,1-4H3,(H,11,12). The van der Waals surface area contributed by atoms with Crippen molar-refractivity contribution in [3.8, 4) is 0 Å². The van der Waals surface area contributed by atoms with Crippen LogP contribution in [0.1, 0.15) is 39.0 Å². The number of H-pyrrole nitrogens is 1. The van der Waals surface area contributed by atoms with Crippen LogP contribution in [-0.2, 0) is 15.8 Å². The van der Waals surface area contributed by atoms with E-state index < -0.39 is 0 Å². The second kappa shape index (κ2) is 2.35. The molecule has 0 aromatic carbocycles. The third-order valence-corrected chi connectivity index (χ3v) is 2.54. The molecule has 0 aliphatic carbocycles. The van der Waals surface area contributed by atoms with E-state index >= 15 is 0 Å². The fraction of sp³-hybridized carbons (Fsp3) is 0.700. The molecule has 0 bridgehead atoms. The van der Waals surface area contributed by atoms with E-state index in [1.165, 1.54) is 11.3 Å². The highest BCUT2D eigenvalue weighted by Crippen LogP contribution is 2.41. The highest BCUT2D eigenvalue weighted by atomic mass is 16.6. The molecule has 0 amide bonds. The van der Waals surface area contributed by atoms with Crippen molar-refractivity contribution in [2.24, 2.45) is 0 Å². The summed E-state index contributed by atoms with van der Waals surface area (Å²) in [6.07, 6.45) is 1.88. The van der Waals surface area contributed by atoms with Gasteiger partial charge in [-0.3, -0.25) is 5.10 Å². The van der Waals surface area contributed by atoms with Gasteiger partial charge in [-0.05, 0) is 6.92 Å². The molecule has 1 N–H and O–H groups in total. The van der Waals surface area contributed by atoms with Crippen molar-refractivity contribution in [2.45, 2.75) is 38.7 Å². The van der Waals surface area contributed by atoms with E-state index in [2.05, 4.69) is 37.9 Å². The summed E-state index contributed by atoms with van der Waals surface area (Å²) in [5.41, 5.74) is 2.43. The van der Waals surface area contributed by atoms with Gasteiger partial charge >= 0.3 is 0 Å². The van der Waals surface area contributed by atoms with Gasteiger partial charge in [0, 0.05) is 16.7 Å². The Bertz CT molecular complexity index is 298. The highest BCUT2D eigenvalue weighted by molar-refractivity contribution is 5.31. The largest absolute Gasteiger partial charge is 0.365 e. The molecule has 1 unspecified atom stereocenters. The molecule has 3 heteroatoms. The molecule has 2 rings (SSSR count). The number of nitrogens with zero attached hydrogens (tertiary/aromatic N) is 1. The normalized spacial score (nSPS) is 27.7. The summed E-state index contributed by atoms with van der Waals surface area (Å²) in [6.45, 7) is 9.45. The van der Waals surface area contributed by atoms with E-state index in [0.29, 0.717) is 0 Å². The number of rotatable bonds is 1. The van der Waals surface area contributed by atoms with Crippen LogP contribution in [0.3, 0.4) is 0 Å². The number of nitrogens with one attached hydrogen (secondary N) is 1. The number of hydrogen-bond donors (Lipinski definition) is 1. The zero-order valence-electron chi connectivity index (χ0n) is 8.64. The Kier molecular flexibility index (Phi) is 1.58. The summed E-state index contributed by atoms with van der Waals surface area (Å²) < 4.78 is 5.42. The molecule has 1 saturated heterocycles. The van der Waals surface area contributed by atoms with Gasteiger partial charge in [0.15, 0.2) is 0 Å². The maximum absolute atomic E-state index is 5.42. The van der Waals surface area contributed by atoms with Gasteiger partial charge in [-0.25, -0.2) is 0 Å². The van der Waals surface area contributed by atoms with Gasteiger partial charge in [-0.1, -0.05) is 20.8 Å². The Morgan fingerprint density at radius 3 is 2.62 bits per heavy atom. The maximum atomic E-state index is 5.42. The van der Waals surface area contributed by atoms with E-state index in [1.807, 2.05) is 6.20 Å². The molecule has 1 aliphatic rings. The first-order valence-electron chi connectivity index (χ1n) is 4.62. The van der Waals surface area contributed by atoms with Crippen molar-refractivity contribution in [3.63, 3.8) is 0 Å².